The molecule has 1 unspecified atom stereocenters. The van der Waals surface area contributed by atoms with E-state index in [9.17, 15) is 4.79 Å². The highest BCUT2D eigenvalue weighted by molar-refractivity contribution is 5.70. The highest BCUT2D eigenvalue weighted by Gasteiger charge is 2.30. The molecule has 1 aromatic rings. The molecule has 0 N–H and O–H groups in total. The number of hydrogen-bond acceptors (Lipinski definition) is 4. The molecule has 0 aromatic heterocycles. The first kappa shape index (κ1) is 14.0. The van der Waals surface area contributed by atoms with Gasteiger partial charge in [-0.15, -0.1) is 0 Å². The van der Waals surface area contributed by atoms with Crippen molar-refractivity contribution in [1.29, 1.82) is 0 Å². The van der Waals surface area contributed by atoms with Gasteiger partial charge in [-0.1, -0.05) is 30.3 Å². The van der Waals surface area contributed by atoms with Gasteiger partial charge in [0, 0.05) is 0 Å². The summed E-state index contributed by atoms with van der Waals surface area (Å²) in [5.74, 6) is -0.839. The van der Waals surface area contributed by atoms with E-state index in [0.29, 0.717) is 13.2 Å². The fourth-order valence-electron chi connectivity index (χ4n) is 2.06. The zero-order valence-corrected chi connectivity index (χ0v) is 11.4. The molecule has 1 aromatic carbocycles. The molecular formula is C15H20O4. The lowest BCUT2D eigenvalue weighted by Crippen LogP contribution is -2.40. The van der Waals surface area contributed by atoms with Gasteiger partial charge in [0.2, 0.25) is 0 Å². The summed E-state index contributed by atoms with van der Waals surface area (Å²) < 4.78 is 16.3. The minimum Gasteiger partial charge on any atom is -0.461 e. The van der Waals surface area contributed by atoms with Crippen molar-refractivity contribution < 1.29 is 19.0 Å². The Morgan fingerprint density at radius 2 is 2.11 bits per heavy atom. The van der Waals surface area contributed by atoms with Gasteiger partial charge in [-0.2, -0.15) is 0 Å². The highest BCUT2D eigenvalue weighted by atomic mass is 16.7. The van der Waals surface area contributed by atoms with Gasteiger partial charge in [-0.05, 0) is 25.8 Å². The molecule has 1 heterocycles. The molecule has 0 aliphatic carbocycles. The number of hydrogen-bond donors (Lipinski definition) is 0. The first-order valence-corrected chi connectivity index (χ1v) is 6.56. The molecule has 0 amide bonds. The number of benzene rings is 1. The summed E-state index contributed by atoms with van der Waals surface area (Å²) in [6.07, 6.45) is 0.885. The summed E-state index contributed by atoms with van der Waals surface area (Å²) in [5, 5.41) is 0. The lowest BCUT2D eigenvalue weighted by atomic mass is 10.1. The Hall–Kier alpha value is -1.39. The van der Waals surface area contributed by atoms with Crippen LogP contribution in [0.2, 0.25) is 0 Å². The normalized spacial score (nSPS) is 21.9. The zero-order valence-electron chi connectivity index (χ0n) is 11.4. The second-order valence-corrected chi connectivity index (χ2v) is 5.13. The average Bonchev–Trinajstić information content (AvgIpc) is 2.36. The number of rotatable bonds is 4. The molecule has 0 saturated carbocycles. The van der Waals surface area contributed by atoms with Crippen LogP contribution in [0.3, 0.4) is 0 Å². The van der Waals surface area contributed by atoms with E-state index >= 15 is 0 Å². The van der Waals surface area contributed by atoms with E-state index in [0.717, 1.165) is 12.0 Å². The van der Waals surface area contributed by atoms with Gasteiger partial charge in [-0.25, -0.2) is 0 Å². The van der Waals surface area contributed by atoms with E-state index in [4.69, 9.17) is 14.2 Å². The number of carbonyl (C=O) groups is 1. The van der Waals surface area contributed by atoms with Crippen LogP contribution in [-0.2, 0) is 25.6 Å². The van der Waals surface area contributed by atoms with Crippen molar-refractivity contribution in [2.45, 2.75) is 45.2 Å². The van der Waals surface area contributed by atoms with Crippen molar-refractivity contribution in [1.82, 2.24) is 0 Å². The van der Waals surface area contributed by atoms with Gasteiger partial charge in [-0.3, -0.25) is 4.79 Å². The monoisotopic (exact) mass is 264 g/mol. The van der Waals surface area contributed by atoms with Crippen molar-refractivity contribution in [3.8, 4) is 0 Å². The molecule has 19 heavy (non-hydrogen) atoms. The molecule has 1 atom stereocenters. The molecule has 1 fully saturated rings. The molecule has 2 rings (SSSR count). The van der Waals surface area contributed by atoms with E-state index < -0.39 is 5.79 Å². The smallest absolute Gasteiger partial charge is 0.308 e. The van der Waals surface area contributed by atoms with E-state index in [1.807, 2.05) is 44.2 Å². The molecule has 0 bridgehead atoms. The second-order valence-electron chi connectivity index (χ2n) is 5.13. The summed E-state index contributed by atoms with van der Waals surface area (Å²) in [4.78, 5) is 11.8. The van der Waals surface area contributed by atoms with Gasteiger partial charge >= 0.3 is 5.97 Å². The quantitative estimate of drug-likeness (QED) is 0.784. The molecule has 1 aliphatic rings. The summed E-state index contributed by atoms with van der Waals surface area (Å²) in [5.41, 5.74) is 0.990. The van der Waals surface area contributed by atoms with Crippen molar-refractivity contribution in [3.63, 3.8) is 0 Å². The van der Waals surface area contributed by atoms with Crippen LogP contribution in [0.15, 0.2) is 30.3 Å². The summed E-state index contributed by atoms with van der Waals surface area (Å²) in [6, 6.07) is 9.65. The third-order valence-corrected chi connectivity index (χ3v) is 2.98. The Balaban J connectivity index is 1.75. The number of esters is 1. The zero-order chi connectivity index (χ0) is 13.7. The third kappa shape index (κ3) is 4.65. The number of carbonyl (C=O) groups excluding carboxylic acids is 1. The lowest BCUT2D eigenvalue weighted by Gasteiger charge is -2.35. The van der Waals surface area contributed by atoms with Crippen LogP contribution in [0.25, 0.3) is 0 Å². The Morgan fingerprint density at radius 1 is 1.37 bits per heavy atom. The van der Waals surface area contributed by atoms with Crippen LogP contribution >= 0.6 is 0 Å². The molecule has 1 saturated heterocycles. The van der Waals surface area contributed by atoms with Crippen LogP contribution in [0.5, 0.6) is 0 Å². The second kappa shape index (κ2) is 6.17. The van der Waals surface area contributed by atoms with E-state index in [-0.39, 0.29) is 18.5 Å². The molecule has 0 spiro atoms. The summed E-state index contributed by atoms with van der Waals surface area (Å²) in [7, 11) is 0. The highest BCUT2D eigenvalue weighted by Crippen LogP contribution is 2.24. The minimum absolute atomic E-state index is 0.118. The Morgan fingerprint density at radius 3 is 2.79 bits per heavy atom. The molecule has 1 aliphatic heterocycles. The maximum absolute atomic E-state index is 11.8. The Bertz CT molecular complexity index is 413. The van der Waals surface area contributed by atoms with Crippen molar-refractivity contribution in [2.75, 3.05) is 6.61 Å². The minimum atomic E-state index is -0.609. The summed E-state index contributed by atoms with van der Waals surface area (Å²) >= 11 is 0. The fourth-order valence-corrected chi connectivity index (χ4v) is 2.06. The fraction of sp³-hybridized carbons (Fsp3) is 0.533. The third-order valence-electron chi connectivity index (χ3n) is 2.98. The average molecular weight is 264 g/mol. The molecular weight excluding hydrogens is 244 g/mol. The van der Waals surface area contributed by atoms with Crippen LogP contribution < -0.4 is 0 Å². The maximum Gasteiger partial charge on any atom is 0.308 e. The molecule has 4 heteroatoms. The van der Waals surface area contributed by atoms with Gasteiger partial charge in [0.25, 0.3) is 0 Å². The van der Waals surface area contributed by atoms with E-state index in [1.54, 1.807) is 0 Å². The standard InChI is InChI=1S/C15H20O4/c1-15(2)18-9-8-13(19-15)10-14(16)17-11-12-6-4-3-5-7-12/h3-7,13H,8-11H2,1-2H3. The van der Waals surface area contributed by atoms with Gasteiger partial charge in [0.15, 0.2) is 5.79 Å². The van der Waals surface area contributed by atoms with Crippen molar-refractivity contribution >= 4 is 5.97 Å². The van der Waals surface area contributed by atoms with Crippen molar-refractivity contribution in [2.24, 2.45) is 0 Å². The van der Waals surface area contributed by atoms with Crippen LogP contribution in [-0.4, -0.2) is 24.5 Å². The van der Waals surface area contributed by atoms with Gasteiger partial charge in [0.05, 0.1) is 19.1 Å². The Kier molecular flexibility index (Phi) is 4.56. The van der Waals surface area contributed by atoms with Gasteiger partial charge < -0.3 is 14.2 Å². The van der Waals surface area contributed by atoms with Crippen LogP contribution in [0.4, 0.5) is 0 Å². The maximum atomic E-state index is 11.8. The molecule has 104 valence electrons. The molecule has 4 nitrogen and oxygen atoms in total. The van der Waals surface area contributed by atoms with Crippen LogP contribution in [0.1, 0.15) is 32.3 Å². The SMILES string of the molecule is CC1(C)OCCC(CC(=O)OCc2ccccc2)O1. The predicted octanol–water partition coefficient (Wildman–Crippen LogP) is 2.66. The first-order valence-electron chi connectivity index (χ1n) is 6.56. The Labute approximate surface area is 113 Å². The first-order chi connectivity index (χ1) is 9.05. The summed E-state index contributed by atoms with van der Waals surface area (Å²) in [6.45, 7) is 4.64. The largest absolute Gasteiger partial charge is 0.461 e. The molecule has 0 radical (unpaired) electrons. The van der Waals surface area contributed by atoms with E-state index in [1.165, 1.54) is 0 Å². The number of ether oxygens (including phenoxy) is 3. The van der Waals surface area contributed by atoms with Gasteiger partial charge in [0.1, 0.15) is 6.61 Å². The predicted molar refractivity (Wildman–Crippen MR) is 70.4 cm³/mol. The lowest BCUT2D eigenvalue weighted by molar-refractivity contribution is -0.273. The van der Waals surface area contributed by atoms with E-state index in [2.05, 4.69) is 0 Å². The van der Waals surface area contributed by atoms with Crippen molar-refractivity contribution in [3.05, 3.63) is 35.9 Å². The van der Waals surface area contributed by atoms with Crippen LogP contribution in [0, 0.1) is 0 Å². The topological polar surface area (TPSA) is 44.8 Å².